The van der Waals surface area contributed by atoms with Crippen LogP contribution in [0.4, 0.5) is 4.39 Å². The monoisotopic (exact) mass is 308 g/mol. The van der Waals surface area contributed by atoms with Crippen LogP contribution in [0.25, 0.3) is 0 Å². The number of halogens is 1. The van der Waals surface area contributed by atoms with Crippen LogP contribution < -0.4 is 10.0 Å². The summed E-state index contributed by atoms with van der Waals surface area (Å²) < 4.78 is 62.6. The summed E-state index contributed by atoms with van der Waals surface area (Å²) in [6.45, 7) is 0.930. The summed E-state index contributed by atoms with van der Waals surface area (Å²) in [5.41, 5.74) is 0. The molecule has 1 aliphatic heterocycles. The Morgan fingerprint density at radius 2 is 1.89 bits per heavy atom. The van der Waals surface area contributed by atoms with Crippen molar-refractivity contribution < 1.29 is 21.2 Å². The molecule has 1 fully saturated rings. The highest BCUT2D eigenvalue weighted by Crippen LogP contribution is 2.20. The minimum absolute atomic E-state index is 0.235. The molecule has 1 heterocycles. The molecule has 0 saturated carbocycles. The molecule has 1 aromatic carbocycles. The molecule has 0 radical (unpaired) electrons. The van der Waals surface area contributed by atoms with Gasteiger partial charge in [0.1, 0.15) is 10.7 Å². The molecule has 0 unspecified atom stereocenters. The fourth-order valence-electron chi connectivity index (χ4n) is 1.58. The summed E-state index contributed by atoms with van der Waals surface area (Å²) in [7, 11) is -7.66. The zero-order chi connectivity index (χ0) is 14.3. The maximum atomic E-state index is 13.6. The standard InChI is InChI=1S/C10H13FN2O4S2/c1-18(14,15)8-2-3-9(11)10(4-8)19(16,17)13-7-5-12-6-7/h2-4,7,12-13H,5-6H2,1H3. The first-order valence-electron chi connectivity index (χ1n) is 5.43. The molecule has 19 heavy (non-hydrogen) atoms. The van der Waals surface area contributed by atoms with Gasteiger partial charge in [0.2, 0.25) is 10.0 Å². The number of hydrogen-bond acceptors (Lipinski definition) is 5. The minimum atomic E-state index is -4.06. The van der Waals surface area contributed by atoms with Crippen LogP contribution >= 0.6 is 0 Å². The second kappa shape index (κ2) is 4.82. The summed E-state index contributed by atoms with van der Waals surface area (Å²) in [5, 5.41) is 2.87. The lowest BCUT2D eigenvalue weighted by atomic mass is 10.2. The summed E-state index contributed by atoms with van der Waals surface area (Å²) >= 11 is 0. The van der Waals surface area contributed by atoms with Crippen LogP contribution in [0.15, 0.2) is 28.0 Å². The number of sulfone groups is 1. The highest BCUT2D eigenvalue weighted by atomic mass is 32.2. The van der Waals surface area contributed by atoms with Crippen LogP contribution in [0.2, 0.25) is 0 Å². The van der Waals surface area contributed by atoms with E-state index in [9.17, 15) is 21.2 Å². The fraction of sp³-hybridized carbons (Fsp3) is 0.400. The van der Waals surface area contributed by atoms with E-state index >= 15 is 0 Å². The van der Waals surface area contributed by atoms with Crippen LogP contribution in [0, 0.1) is 5.82 Å². The van der Waals surface area contributed by atoms with Crippen molar-refractivity contribution in [3.05, 3.63) is 24.0 Å². The Kier molecular flexibility index (Phi) is 3.65. The molecular formula is C10H13FN2O4S2. The molecular weight excluding hydrogens is 295 g/mol. The molecule has 0 amide bonds. The predicted molar refractivity (Wildman–Crippen MR) is 66.5 cm³/mol. The Bertz CT molecular complexity index is 696. The Morgan fingerprint density at radius 1 is 1.26 bits per heavy atom. The number of sulfonamides is 1. The molecule has 1 saturated heterocycles. The second-order valence-electron chi connectivity index (χ2n) is 4.34. The summed E-state index contributed by atoms with van der Waals surface area (Å²) in [4.78, 5) is -0.886. The number of nitrogens with one attached hydrogen (secondary N) is 2. The van der Waals surface area contributed by atoms with Gasteiger partial charge in [-0.3, -0.25) is 0 Å². The molecule has 1 aromatic rings. The Morgan fingerprint density at radius 3 is 2.37 bits per heavy atom. The molecule has 0 spiro atoms. The molecule has 2 N–H and O–H groups in total. The van der Waals surface area contributed by atoms with E-state index in [2.05, 4.69) is 10.0 Å². The third-order valence-corrected chi connectivity index (χ3v) is 5.37. The van der Waals surface area contributed by atoms with Gasteiger partial charge in [-0.1, -0.05) is 0 Å². The number of rotatable bonds is 4. The Balaban J connectivity index is 2.43. The van der Waals surface area contributed by atoms with Crippen LogP contribution in [-0.4, -0.2) is 42.2 Å². The lowest BCUT2D eigenvalue weighted by molar-refractivity contribution is 0.409. The molecule has 0 aliphatic carbocycles. The topological polar surface area (TPSA) is 92.3 Å². The van der Waals surface area contributed by atoms with Gasteiger partial charge in [-0.25, -0.2) is 25.9 Å². The number of benzene rings is 1. The van der Waals surface area contributed by atoms with Crippen molar-refractivity contribution in [3.63, 3.8) is 0 Å². The van der Waals surface area contributed by atoms with E-state index in [1.54, 1.807) is 0 Å². The molecule has 0 atom stereocenters. The average molecular weight is 308 g/mol. The maximum absolute atomic E-state index is 13.6. The molecule has 0 bridgehead atoms. The van der Waals surface area contributed by atoms with Gasteiger partial charge in [-0.05, 0) is 18.2 Å². The predicted octanol–water partition coefficient (Wildman–Crippen LogP) is -0.521. The quantitative estimate of drug-likeness (QED) is 0.730. The van der Waals surface area contributed by atoms with E-state index in [1.807, 2.05) is 0 Å². The van der Waals surface area contributed by atoms with Crippen molar-refractivity contribution in [1.29, 1.82) is 0 Å². The van der Waals surface area contributed by atoms with Gasteiger partial charge in [0.25, 0.3) is 0 Å². The van der Waals surface area contributed by atoms with Crippen molar-refractivity contribution in [2.24, 2.45) is 0 Å². The maximum Gasteiger partial charge on any atom is 0.243 e. The first-order chi connectivity index (χ1) is 8.70. The number of hydrogen-bond donors (Lipinski definition) is 2. The SMILES string of the molecule is CS(=O)(=O)c1ccc(F)c(S(=O)(=O)NC2CNC2)c1. The van der Waals surface area contributed by atoms with Crippen molar-refractivity contribution in [2.45, 2.75) is 15.8 Å². The first kappa shape index (κ1) is 14.4. The lowest BCUT2D eigenvalue weighted by Gasteiger charge is -2.27. The molecule has 9 heteroatoms. The van der Waals surface area contributed by atoms with E-state index in [-0.39, 0.29) is 10.9 Å². The molecule has 2 rings (SSSR count). The average Bonchev–Trinajstić information content (AvgIpc) is 2.22. The van der Waals surface area contributed by atoms with Gasteiger partial charge in [0, 0.05) is 25.4 Å². The summed E-state index contributed by atoms with van der Waals surface area (Å²) in [5.74, 6) is -0.979. The van der Waals surface area contributed by atoms with Gasteiger partial charge in [0.15, 0.2) is 9.84 Å². The summed E-state index contributed by atoms with van der Waals surface area (Å²) in [6, 6.07) is 2.41. The van der Waals surface area contributed by atoms with E-state index in [0.717, 1.165) is 24.5 Å². The smallest absolute Gasteiger partial charge is 0.243 e. The third-order valence-electron chi connectivity index (χ3n) is 2.72. The highest BCUT2D eigenvalue weighted by Gasteiger charge is 2.27. The van der Waals surface area contributed by atoms with Gasteiger partial charge in [-0.15, -0.1) is 0 Å². The first-order valence-corrected chi connectivity index (χ1v) is 8.80. The molecule has 106 valence electrons. The largest absolute Gasteiger partial charge is 0.313 e. The Labute approximate surface area is 111 Å². The Hall–Kier alpha value is -1.03. The zero-order valence-electron chi connectivity index (χ0n) is 10.1. The van der Waals surface area contributed by atoms with E-state index in [0.29, 0.717) is 13.1 Å². The van der Waals surface area contributed by atoms with Gasteiger partial charge in [-0.2, -0.15) is 0 Å². The van der Waals surface area contributed by atoms with E-state index < -0.39 is 30.6 Å². The fourth-order valence-corrected chi connectivity index (χ4v) is 3.64. The van der Waals surface area contributed by atoms with E-state index in [1.165, 1.54) is 0 Å². The molecule has 0 aromatic heterocycles. The summed E-state index contributed by atoms with van der Waals surface area (Å²) in [6.07, 6.45) is 0.930. The highest BCUT2D eigenvalue weighted by molar-refractivity contribution is 7.91. The normalized spacial score (nSPS) is 17.2. The van der Waals surface area contributed by atoms with Crippen LogP contribution in [-0.2, 0) is 19.9 Å². The van der Waals surface area contributed by atoms with Crippen molar-refractivity contribution in [2.75, 3.05) is 19.3 Å². The molecule has 1 aliphatic rings. The van der Waals surface area contributed by atoms with Crippen LogP contribution in [0.3, 0.4) is 0 Å². The van der Waals surface area contributed by atoms with Crippen molar-refractivity contribution >= 4 is 19.9 Å². The minimum Gasteiger partial charge on any atom is -0.313 e. The zero-order valence-corrected chi connectivity index (χ0v) is 11.7. The van der Waals surface area contributed by atoms with Crippen LogP contribution in [0.5, 0.6) is 0 Å². The lowest BCUT2D eigenvalue weighted by Crippen LogP contribution is -2.56. The van der Waals surface area contributed by atoms with E-state index in [4.69, 9.17) is 0 Å². The second-order valence-corrected chi connectivity index (χ2v) is 8.04. The van der Waals surface area contributed by atoms with Gasteiger partial charge < -0.3 is 5.32 Å². The third kappa shape index (κ3) is 3.11. The van der Waals surface area contributed by atoms with Crippen molar-refractivity contribution in [3.8, 4) is 0 Å². The van der Waals surface area contributed by atoms with Crippen molar-refractivity contribution in [1.82, 2.24) is 10.0 Å². The molecule has 6 nitrogen and oxygen atoms in total. The van der Waals surface area contributed by atoms with Gasteiger partial charge >= 0.3 is 0 Å². The van der Waals surface area contributed by atoms with Gasteiger partial charge in [0.05, 0.1) is 4.90 Å². The van der Waals surface area contributed by atoms with Crippen LogP contribution in [0.1, 0.15) is 0 Å².